The third kappa shape index (κ3) is 2.79. The fourth-order valence-corrected chi connectivity index (χ4v) is 4.84. The molecule has 0 bridgehead atoms. The van der Waals surface area contributed by atoms with Crippen molar-refractivity contribution in [2.45, 2.75) is 0 Å². The van der Waals surface area contributed by atoms with Crippen molar-refractivity contribution in [3.8, 4) is 0 Å². The molecule has 0 unspecified atom stereocenters. The number of hydrogen-bond acceptors (Lipinski definition) is 3. The molecule has 4 heteroatoms. The van der Waals surface area contributed by atoms with Gasteiger partial charge in [0.1, 0.15) is 0 Å². The molecule has 0 atom stereocenters. The fourth-order valence-electron chi connectivity index (χ4n) is 4.21. The molecule has 0 spiro atoms. The minimum atomic E-state index is 0.987. The van der Waals surface area contributed by atoms with Crippen LogP contribution in [0.5, 0.6) is 0 Å². The van der Waals surface area contributed by atoms with Crippen LogP contribution in [0.3, 0.4) is 0 Å². The van der Waals surface area contributed by atoms with Crippen LogP contribution in [0.1, 0.15) is 0 Å². The lowest BCUT2D eigenvalue weighted by molar-refractivity contribution is 1.28. The normalized spacial score (nSPS) is 11.5. The molecule has 142 valence electrons. The summed E-state index contributed by atoms with van der Waals surface area (Å²) in [5.74, 6) is 0. The summed E-state index contributed by atoms with van der Waals surface area (Å²) in [6, 6.07) is 29.6. The summed E-state index contributed by atoms with van der Waals surface area (Å²) in [6.45, 7) is 0. The second-order valence-corrected chi connectivity index (χ2v) is 8.59. The minimum Gasteiger partial charge on any atom is -0.310 e. The number of pyridine rings is 2. The van der Waals surface area contributed by atoms with E-state index in [1.165, 1.54) is 14.3 Å². The van der Waals surface area contributed by atoms with Crippen molar-refractivity contribution in [3.63, 3.8) is 0 Å². The molecule has 0 fully saturated rings. The number of benzene rings is 4. The predicted octanol–water partition coefficient (Wildman–Crippen LogP) is 7.45. The molecule has 0 radical (unpaired) electrons. The summed E-state index contributed by atoms with van der Waals surface area (Å²) in [7, 11) is 0. The zero-order valence-corrected chi connectivity index (χ0v) is 18.1. The fraction of sp³-hybridized carbons (Fsp3) is 0. The molecule has 6 rings (SSSR count). The van der Waals surface area contributed by atoms with E-state index in [0.29, 0.717) is 0 Å². The average molecular weight is 497 g/mol. The van der Waals surface area contributed by atoms with Crippen LogP contribution in [-0.4, -0.2) is 9.97 Å². The molecule has 0 aliphatic rings. The highest BCUT2D eigenvalue weighted by molar-refractivity contribution is 14.1. The van der Waals surface area contributed by atoms with Gasteiger partial charge in [0.15, 0.2) is 0 Å². The Bertz CT molecular complexity index is 1390. The van der Waals surface area contributed by atoms with E-state index in [1.807, 2.05) is 24.5 Å². The largest absolute Gasteiger partial charge is 0.310 e. The van der Waals surface area contributed by atoms with E-state index in [-0.39, 0.29) is 0 Å². The van der Waals surface area contributed by atoms with Crippen LogP contribution in [0.15, 0.2) is 97.3 Å². The lowest BCUT2D eigenvalue weighted by atomic mass is 10.0. The summed E-state index contributed by atoms with van der Waals surface area (Å²) < 4.78 is 1.17. The molecule has 30 heavy (non-hydrogen) atoms. The van der Waals surface area contributed by atoms with Gasteiger partial charge >= 0.3 is 0 Å². The first-order valence-electron chi connectivity index (χ1n) is 9.78. The second kappa shape index (κ2) is 6.92. The number of nitrogens with zero attached hydrogens (tertiary/aromatic N) is 3. The first-order valence-corrected chi connectivity index (χ1v) is 10.9. The standard InChI is InChI=1S/C26H16IN3/c27-19-11-17-15-29-24-14-22(12-18-16-28-23(13-19)25(17)26(18)24)30(20-7-3-1-4-8-20)21-9-5-2-6-10-21/h1-16H. The van der Waals surface area contributed by atoms with Crippen LogP contribution in [0.2, 0.25) is 0 Å². The Balaban J connectivity index is 1.65. The van der Waals surface area contributed by atoms with Gasteiger partial charge < -0.3 is 4.90 Å². The molecular formula is C26H16IN3. The highest BCUT2D eigenvalue weighted by atomic mass is 127. The Labute approximate surface area is 187 Å². The third-order valence-electron chi connectivity index (χ3n) is 5.47. The molecule has 2 aromatic heterocycles. The van der Waals surface area contributed by atoms with Gasteiger partial charge in [0, 0.05) is 54.6 Å². The number of hydrogen-bond donors (Lipinski definition) is 0. The highest BCUT2D eigenvalue weighted by Gasteiger charge is 2.17. The Morgan fingerprint density at radius 1 is 0.567 bits per heavy atom. The Morgan fingerprint density at radius 2 is 1.10 bits per heavy atom. The zero-order valence-electron chi connectivity index (χ0n) is 16.0. The quantitative estimate of drug-likeness (QED) is 0.188. The van der Waals surface area contributed by atoms with Gasteiger partial charge in [-0.15, -0.1) is 0 Å². The van der Waals surface area contributed by atoms with Crippen molar-refractivity contribution < 1.29 is 0 Å². The van der Waals surface area contributed by atoms with E-state index < -0.39 is 0 Å². The maximum atomic E-state index is 4.83. The van der Waals surface area contributed by atoms with E-state index in [9.17, 15) is 0 Å². The van der Waals surface area contributed by atoms with Crippen LogP contribution in [0.25, 0.3) is 32.6 Å². The zero-order chi connectivity index (χ0) is 20.1. The molecule has 0 N–H and O–H groups in total. The maximum Gasteiger partial charge on any atom is 0.0736 e. The molecular weight excluding hydrogens is 481 g/mol. The summed E-state index contributed by atoms with van der Waals surface area (Å²) in [5.41, 5.74) is 5.30. The first-order chi connectivity index (χ1) is 14.8. The van der Waals surface area contributed by atoms with Gasteiger partial charge in [-0.25, -0.2) is 0 Å². The molecule has 0 aliphatic carbocycles. The summed E-state index contributed by atoms with van der Waals surface area (Å²) in [6.07, 6.45) is 3.94. The van der Waals surface area contributed by atoms with Crippen LogP contribution < -0.4 is 4.90 Å². The van der Waals surface area contributed by atoms with Crippen LogP contribution in [0.4, 0.5) is 17.1 Å². The van der Waals surface area contributed by atoms with Gasteiger partial charge in [-0.3, -0.25) is 9.97 Å². The Morgan fingerprint density at radius 3 is 1.70 bits per heavy atom. The summed E-state index contributed by atoms with van der Waals surface area (Å²) in [5, 5.41) is 4.61. The molecule has 0 saturated heterocycles. The van der Waals surface area contributed by atoms with Gasteiger partial charge in [-0.1, -0.05) is 36.4 Å². The molecule has 4 aromatic carbocycles. The van der Waals surface area contributed by atoms with Crippen LogP contribution >= 0.6 is 22.6 Å². The van der Waals surface area contributed by atoms with Crippen molar-refractivity contribution in [2.24, 2.45) is 0 Å². The number of anilines is 3. The number of aromatic nitrogens is 2. The van der Waals surface area contributed by atoms with Crippen LogP contribution in [-0.2, 0) is 0 Å². The highest BCUT2D eigenvalue weighted by Crippen LogP contribution is 2.40. The van der Waals surface area contributed by atoms with Crippen molar-refractivity contribution in [1.82, 2.24) is 9.97 Å². The molecule has 0 amide bonds. The van der Waals surface area contributed by atoms with E-state index >= 15 is 0 Å². The molecule has 3 nitrogen and oxygen atoms in total. The molecule has 2 heterocycles. The van der Waals surface area contributed by atoms with Gasteiger partial charge in [-0.05, 0) is 71.1 Å². The second-order valence-electron chi connectivity index (χ2n) is 7.34. The molecule has 6 aromatic rings. The Hall–Kier alpha value is -3.25. The smallest absolute Gasteiger partial charge is 0.0736 e. The van der Waals surface area contributed by atoms with E-state index in [2.05, 4.69) is 100 Å². The van der Waals surface area contributed by atoms with E-state index in [0.717, 1.165) is 38.9 Å². The van der Waals surface area contributed by atoms with Crippen molar-refractivity contribution in [3.05, 3.63) is 101 Å². The topological polar surface area (TPSA) is 29.0 Å². The van der Waals surface area contributed by atoms with Crippen molar-refractivity contribution in [1.29, 1.82) is 0 Å². The van der Waals surface area contributed by atoms with E-state index in [4.69, 9.17) is 9.97 Å². The lowest BCUT2D eigenvalue weighted by Crippen LogP contribution is -2.10. The summed E-state index contributed by atoms with van der Waals surface area (Å²) >= 11 is 2.34. The lowest BCUT2D eigenvalue weighted by Gasteiger charge is -2.26. The van der Waals surface area contributed by atoms with Gasteiger partial charge in [-0.2, -0.15) is 0 Å². The van der Waals surface area contributed by atoms with Crippen LogP contribution in [0, 0.1) is 3.57 Å². The van der Waals surface area contributed by atoms with Gasteiger partial charge in [0.25, 0.3) is 0 Å². The number of halogens is 1. The predicted molar refractivity (Wildman–Crippen MR) is 133 cm³/mol. The van der Waals surface area contributed by atoms with Crippen molar-refractivity contribution >= 4 is 72.2 Å². The monoisotopic (exact) mass is 497 g/mol. The van der Waals surface area contributed by atoms with E-state index in [1.54, 1.807) is 0 Å². The summed E-state index contributed by atoms with van der Waals surface area (Å²) in [4.78, 5) is 11.9. The minimum absolute atomic E-state index is 0.987. The first kappa shape index (κ1) is 17.6. The maximum absolute atomic E-state index is 4.83. The van der Waals surface area contributed by atoms with Crippen molar-refractivity contribution in [2.75, 3.05) is 4.90 Å². The molecule has 0 saturated carbocycles. The number of para-hydroxylation sites is 2. The average Bonchev–Trinajstić information content (AvgIpc) is 2.79. The SMILES string of the molecule is Ic1cc2cnc3cc(N(c4ccccc4)c4ccccc4)cc4cnc(c1)c2c43. The third-order valence-corrected chi connectivity index (χ3v) is 6.09. The number of rotatable bonds is 3. The molecule has 0 aliphatic heterocycles. The Kier molecular flexibility index (Phi) is 4.06. The van der Waals surface area contributed by atoms with Gasteiger partial charge in [0.2, 0.25) is 0 Å². The van der Waals surface area contributed by atoms with Gasteiger partial charge in [0.05, 0.1) is 11.0 Å².